The van der Waals surface area contributed by atoms with Crippen molar-refractivity contribution in [2.75, 3.05) is 7.11 Å². The Morgan fingerprint density at radius 2 is 1.86 bits per heavy atom. The van der Waals surface area contributed by atoms with Crippen molar-refractivity contribution in [1.29, 1.82) is 0 Å². The summed E-state index contributed by atoms with van der Waals surface area (Å²) in [5.74, 6) is 1.10. The fourth-order valence-corrected chi connectivity index (χ4v) is 3.75. The zero-order chi connectivity index (χ0) is 19.5. The molecule has 0 fully saturated rings. The van der Waals surface area contributed by atoms with Gasteiger partial charge in [0.25, 0.3) is 5.56 Å². The number of pyridine rings is 1. The summed E-state index contributed by atoms with van der Waals surface area (Å²) >= 11 is 0. The lowest BCUT2D eigenvalue weighted by Gasteiger charge is -2.15. The van der Waals surface area contributed by atoms with Crippen LogP contribution in [0, 0.1) is 0 Å². The highest BCUT2D eigenvalue weighted by atomic mass is 16.5. The number of phenols is 1. The number of aromatic nitrogens is 1. The lowest BCUT2D eigenvalue weighted by Crippen LogP contribution is -2.22. The molecule has 0 radical (unpaired) electrons. The molecule has 4 heteroatoms. The molecule has 0 saturated heterocycles. The Bertz CT molecular complexity index is 1080. The van der Waals surface area contributed by atoms with Crippen LogP contribution in [0.15, 0.2) is 65.5 Å². The van der Waals surface area contributed by atoms with Crippen LogP contribution in [0.5, 0.6) is 11.5 Å². The summed E-state index contributed by atoms with van der Waals surface area (Å²) in [7, 11) is 1.69. The molecule has 0 unspecified atom stereocenters. The Hall–Kier alpha value is -3.27. The normalized spacial score (nSPS) is 13.4. The third-order valence-corrected chi connectivity index (χ3v) is 5.23. The lowest BCUT2D eigenvalue weighted by molar-refractivity contribution is 0.414. The quantitative estimate of drug-likeness (QED) is 0.733. The molecule has 2 aromatic carbocycles. The van der Waals surface area contributed by atoms with Crippen molar-refractivity contribution in [3.63, 3.8) is 0 Å². The van der Waals surface area contributed by atoms with Gasteiger partial charge >= 0.3 is 0 Å². The Labute approximate surface area is 164 Å². The first-order chi connectivity index (χ1) is 13.6. The number of nitrogens with zero attached hydrogens (tertiary/aromatic N) is 1. The molecule has 0 spiro atoms. The second kappa shape index (κ2) is 7.77. The Kier molecular flexibility index (Phi) is 5.02. The van der Waals surface area contributed by atoms with E-state index in [0.717, 1.165) is 36.3 Å². The molecule has 4 rings (SSSR count). The van der Waals surface area contributed by atoms with Crippen molar-refractivity contribution in [1.82, 2.24) is 4.57 Å². The molecule has 0 amide bonds. The minimum absolute atomic E-state index is 0.0225. The second-order valence-corrected chi connectivity index (χ2v) is 7.09. The predicted octanol–water partition coefficient (Wildman–Crippen LogP) is 4.49. The molecule has 3 aromatic rings. The van der Waals surface area contributed by atoms with E-state index in [1.54, 1.807) is 25.3 Å². The number of hydrogen-bond donors (Lipinski definition) is 1. The van der Waals surface area contributed by atoms with Crippen molar-refractivity contribution < 1.29 is 9.84 Å². The minimum atomic E-state index is -0.0225. The zero-order valence-corrected chi connectivity index (χ0v) is 15.9. The molecule has 0 atom stereocenters. The van der Waals surface area contributed by atoms with Crippen molar-refractivity contribution in [2.24, 2.45) is 0 Å². The van der Waals surface area contributed by atoms with Gasteiger partial charge in [0.15, 0.2) is 0 Å². The Balaban J connectivity index is 1.76. The number of hydrogen-bond acceptors (Lipinski definition) is 3. The summed E-state index contributed by atoms with van der Waals surface area (Å²) in [5.41, 5.74) is 5.53. The SMILES string of the molecule is COc1ccc2c(c1)CCCC(c1cccc(=O)n1Cc1ccc(O)cc1)=C2. The summed E-state index contributed by atoms with van der Waals surface area (Å²) in [6.07, 6.45) is 5.12. The van der Waals surface area contributed by atoms with E-state index in [1.165, 1.54) is 16.7 Å². The first-order valence-electron chi connectivity index (χ1n) is 9.49. The van der Waals surface area contributed by atoms with Crippen LogP contribution >= 0.6 is 0 Å². The lowest BCUT2D eigenvalue weighted by atomic mass is 10.0. The van der Waals surface area contributed by atoms with E-state index in [-0.39, 0.29) is 11.3 Å². The van der Waals surface area contributed by atoms with Crippen LogP contribution in [0.2, 0.25) is 0 Å². The van der Waals surface area contributed by atoms with Crippen LogP contribution in [0.1, 0.15) is 35.2 Å². The first-order valence-corrected chi connectivity index (χ1v) is 9.49. The Morgan fingerprint density at radius 1 is 1.04 bits per heavy atom. The summed E-state index contributed by atoms with van der Waals surface area (Å²) in [6.45, 7) is 0.474. The van der Waals surface area contributed by atoms with Crippen molar-refractivity contribution in [2.45, 2.75) is 25.8 Å². The molecule has 1 aliphatic carbocycles. The third-order valence-electron chi connectivity index (χ3n) is 5.23. The smallest absolute Gasteiger partial charge is 0.251 e. The first kappa shape index (κ1) is 18.1. The number of rotatable bonds is 4. The number of ether oxygens (including phenoxy) is 1. The number of methoxy groups -OCH3 is 1. The van der Waals surface area contributed by atoms with Gasteiger partial charge in [-0.2, -0.15) is 0 Å². The standard InChI is InChI=1S/C24H23NO3/c1-28-22-13-10-19-14-20(5-2-4-18(19)15-22)23-6-3-7-24(27)25(23)16-17-8-11-21(26)12-9-17/h3,6-15,26H,2,4-5,16H2,1H3. The van der Waals surface area contributed by atoms with Gasteiger partial charge < -0.3 is 14.4 Å². The molecular formula is C24H23NO3. The number of phenolic OH excluding ortho intramolecular Hbond substituents is 1. The highest BCUT2D eigenvalue weighted by Crippen LogP contribution is 2.31. The van der Waals surface area contributed by atoms with Crippen LogP contribution in [0.25, 0.3) is 11.6 Å². The van der Waals surface area contributed by atoms with E-state index in [9.17, 15) is 9.90 Å². The maximum Gasteiger partial charge on any atom is 0.251 e. The van der Waals surface area contributed by atoms with Gasteiger partial charge in [-0.1, -0.05) is 24.3 Å². The van der Waals surface area contributed by atoms with Gasteiger partial charge in [0.1, 0.15) is 11.5 Å². The van der Waals surface area contributed by atoms with Crippen LogP contribution in [0.4, 0.5) is 0 Å². The second-order valence-electron chi connectivity index (χ2n) is 7.09. The average Bonchev–Trinajstić information content (AvgIpc) is 2.92. The number of aromatic hydroxyl groups is 1. The molecule has 1 aliphatic rings. The van der Waals surface area contributed by atoms with Crippen LogP contribution in [-0.2, 0) is 13.0 Å². The monoisotopic (exact) mass is 373 g/mol. The molecular weight excluding hydrogens is 350 g/mol. The molecule has 1 heterocycles. The Morgan fingerprint density at radius 3 is 2.64 bits per heavy atom. The van der Waals surface area contributed by atoms with E-state index in [2.05, 4.69) is 18.2 Å². The number of benzene rings is 2. The van der Waals surface area contributed by atoms with Crippen LogP contribution in [-0.4, -0.2) is 16.8 Å². The van der Waals surface area contributed by atoms with E-state index >= 15 is 0 Å². The fourth-order valence-electron chi connectivity index (χ4n) is 3.75. The van der Waals surface area contributed by atoms with E-state index < -0.39 is 0 Å². The average molecular weight is 373 g/mol. The molecule has 4 nitrogen and oxygen atoms in total. The van der Waals surface area contributed by atoms with E-state index in [0.29, 0.717) is 6.54 Å². The van der Waals surface area contributed by atoms with Gasteiger partial charge in [-0.05, 0) is 77.9 Å². The van der Waals surface area contributed by atoms with Crippen molar-refractivity contribution in [3.8, 4) is 11.5 Å². The van der Waals surface area contributed by atoms with Crippen molar-refractivity contribution in [3.05, 3.63) is 93.4 Å². The fraction of sp³-hybridized carbons (Fsp3) is 0.208. The number of fused-ring (bicyclic) bond motifs is 1. The van der Waals surface area contributed by atoms with Gasteiger partial charge in [-0.3, -0.25) is 4.79 Å². The predicted molar refractivity (Wildman–Crippen MR) is 112 cm³/mol. The molecule has 28 heavy (non-hydrogen) atoms. The van der Waals surface area contributed by atoms with Gasteiger partial charge in [0.2, 0.25) is 0 Å². The molecule has 0 bridgehead atoms. The molecule has 0 aliphatic heterocycles. The van der Waals surface area contributed by atoms with E-state index in [1.807, 2.05) is 34.9 Å². The molecule has 0 saturated carbocycles. The van der Waals surface area contributed by atoms with Crippen LogP contribution < -0.4 is 10.3 Å². The van der Waals surface area contributed by atoms with Crippen molar-refractivity contribution >= 4 is 11.6 Å². The molecule has 142 valence electrons. The maximum absolute atomic E-state index is 12.6. The third kappa shape index (κ3) is 3.72. The summed E-state index contributed by atoms with van der Waals surface area (Å²) < 4.78 is 7.17. The maximum atomic E-state index is 12.6. The topological polar surface area (TPSA) is 51.5 Å². The highest BCUT2D eigenvalue weighted by Gasteiger charge is 2.14. The highest BCUT2D eigenvalue weighted by molar-refractivity contribution is 5.82. The minimum Gasteiger partial charge on any atom is -0.508 e. The largest absolute Gasteiger partial charge is 0.508 e. The van der Waals surface area contributed by atoms with E-state index in [4.69, 9.17) is 4.74 Å². The zero-order valence-electron chi connectivity index (χ0n) is 15.9. The van der Waals surface area contributed by atoms with Gasteiger partial charge in [-0.15, -0.1) is 0 Å². The summed E-state index contributed by atoms with van der Waals surface area (Å²) in [5, 5.41) is 9.51. The van der Waals surface area contributed by atoms with Crippen LogP contribution in [0.3, 0.4) is 0 Å². The van der Waals surface area contributed by atoms with Gasteiger partial charge in [-0.25, -0.2) is 0 Å². The summed E-state index contributed by atoms with van der Waals surface area (Å²) in [6, 6.07) is 18.6. The molecule has 1 aromatic heterocycles. The number of aryl methyl sites for hydroxylation is 1. The number of allylic oxidation sites excluding steroid dienone is 1. The van der Waals surface area contributed by atoms with Gasteiger partial charge in [0.05, 0.1) is 13.7 Å². The molecule has 1 N–H and O–H groups in total. The van der Waals surface area contributed by atoms with Gasteiger partial charge in [0, 0.05) is 11.8 Å². The summed E-state index contributed by atoms with van der Waals surface area (Å²) in [4.78, 5) is 12.6.